The number of rotatable bonds is 5. The number of aromatic nitrogens is 4. The largest absolute Gasteiger partial charge is 0.469 e. The van der Waals surface area contributed by atoms with Crippen molar-refractivity contribution in [1.82, 2.24) is 19.5 Å². The molecule has 6 atom stereocenters. The topological polar surface area (TPSA) is 194 Å². The molecule has 2 heterocycles. The zero-order chi connectivity index (χ0) is 19.7. The quantitative estimate of drug-likeness (QED) is 0.281. The number of hydrogen-bond acceptors (Lipinski definition) is 9. The average Bonchev–Trinajstić information content (AvgIpc) is 3.07. The standard InChI is InChI=1S/C13H18N5O7PS/c1-27(24)12-16-10(14)6-11(17-12)18(4-15-6)7-5-2-13(5,9(20)8(7)19)3-25-26(21,22)23/h4-5,7-9,19-20H,2-3H2,1H3,(H2,14,16,17)(H2,21,22,23)/t5-,7-,8+,9+,13+,27?/m1/s1. The Morgan fingerprint density at radius 2 is 2.15 bits per heavy atom. The summed E-state index contributed by atoms with van der Waals surface area (Å²) in [6.07, 6.45) is 0.740. The molecule has 14 heteroatoms. The van der Waals surface area contributed by atoms with Gasteiger partial charge in [-0.3, -0.25) is 8.73 Å². The summed E-state index contributed by atoms with van der Waals surface area (Å²) in [7, 11) is -6.19. The number of anilines is 1. The van der Waals surface area contributed by atoms with E-state index < -0.39 is 42.3 Å². The Kier molecular flexibility index (Phi) is 4.20. The maximum atomic E-state index is 11.7. The number of phosphoric acid groups is 1. The van der Waals surface area contributed by atoms with Gasteiger partial charge in [-0.15, -0.1) is 0 Å². The van der Waals surface area contributed by atoms with Gasteiger partial charge in [-0.25, -0.2) is 19.5 Å². The first-order chi connectivity index (χ1) is 12.5. The van der Waals surface area contributed by atoms with E-state index in [1.165, 1.54) is 17.2 Å². The lowest BCUT2D eigenvalue weighted by Gasteiger charge is -2.24. The van der Waals surface area contributed by atoms with Crippen molar-refractivity contribution in [3.63, 3.8) is 0 Å². The number of nitrogens with two attached hydrogens (primary N) is 1. The first kappa shape index (κ1) is 18.9. The number of phosphoric ester groups is 1. The molecule has 4 rings (SSSR count). The van der Waals surface area contributed by atoms with E-state index in [4.69, 9.17) is 15.5 Å². The number of hydrogen-bond donors (Lipinski definition) is 5. The zero-order valence-corrected chi connectivity index (χ0v) is 15.7. The number of imidazole rings is 1. The third kappa shape index (κ3) is 2.90. The molecule has 0 aliphatic heterocycles. The van der Waals surface area contributed by atoms with Crippen LogP contribution in [0.3, 0.4) is 0 Å². The summed E-state index contributed by atoms with van der Waals surface area (Å²) in [5.41, 5.74) is 5.43. The van der Waals surface area contributed by atoms with Gasteiger partial charge < -0.3 is 30.3 Å². The number of aliphatic hydroxyl groups is 2. The third-order valence-corrected chi connectivity index (χ3v) is 6.52. The van der Waals surface area contributed by atoms with Crippen molar-refractivity contribution in [2.75, 3.05) is 18.6 Å². The van der Waals surface area contributed by atoms with Gasteiger partial charge in [0.2, 0.25) is 5.16 Å². The molecule has 0 bridgehead atoms. The first-order valence-electron chi connectivity index (χ1n) is 7.95. The van der Waals surface area contributed by atoms with Crippen LogP contribution >= 0.6 is 7.82 Å². The molecule has 0 amide bonds. The molecule has 0 radical (unpaired) electrons. The van der Waals surface area contributed by atoms with Crippen molar-refractivity contribution in [3.8, 4) is 0 Å². The molecule has 2 aliphatic carbocycles. The monoisotopic (exact) mass is 419 g/mol. The molecule has 2 aromatic rings. The van der Waals surface area contributed by atoms with Gasteiger partial charge in [0.25, 0.3) is 0 Å². The lowest BCUT2D eigenvalue weighted by atomic mass is 10.0. The van der Waals surface area contributed by atoms with Gasteiger partial charge in [0, 0.05) is 11.7 Å². The molecule has 0 spiro atoms. The lowest BCUT2D eigenvalue weighted by molar-refractivity contribution is -0.0297. The summed E-state index contributed by atoms with van der Waals surface area (Å²) in [6.45, 7) is -0.384. The van der Waals surface area contributed by atoms with Crippen LogP contribution in [0.1, 0.15) is 12.5 Å². The molecule has 6 N–H and O–H groups in total. The van der Waals surface area contributed by atoms with E-state index >= 15 is 0 Å². The zero-order valence-electron chi connectivity index (χ0n) is 14.0. The molecule has 2 aliphatic rings. The fourth-order valence-electron chi connectivity index (χ4n) is 3.99. The number of aliphatic hydroxyl groups excluding tert-OH is 2. The van der Waals surface area contributed by atoms with Crippen LogP contribution in [-0.2, 0) is 19.9 Å². The summed E-state index contributed by atoms with van der Waals surface area (Å²) in [5, 5.41) is 21.0. The Morgan fingerprint density at radius 3 is 2.78 bits per heavy atom. The SMILES string of the molecule is CS(=O)c1nc(N)c2ncn([C@H]3[C@H](O)[C@H](O)[C@]4(COP(=O)(O)O)C[C@H]34)c2n1. The van der Waals surface area contributed by atoms with Crippen LogP contribution in [0.15, 0.2) is 11.5 Å². The molecule has 27 heavy (non-hydrogen) atoms. The highest BCUT2D eigenvalue weighted by atomic mass is 32.2. The smallest absolute Gasteiger partial charge is 0.390 e. The highest BCUT2D eigenvalue weighted by Gasteiger charge is 2.72. The molecular weight excluding hydrogens is 401 g/mol. The molecular formula is C13H18N5O7PS. The molecule has 2 fully saturated rings. The second-order valence-electron chi connectivity index (χ2n) is 6.90. The highest BCUT2D eigenvalue weighted by Crippen LogP contribution is 2.68. The first-order valence-corrected chi connectivity index (χ1v) is 11.0. The van der Waals surface area contributed by atoms with Crippen molar-refractivity contribution in [2.24, 2.45) is 11.3 Å². The van der Waals surface area contributed by atoms with E-state index in [1.807, 2.05) is 0 Å². The molecule has 0 aromatic carbocycles. The number of nitrogens with zero attached hydrogens (tertiary/aromatic N) is 4. The van der Waals surface area contributed by atoms with Crippen molar-refractivity contribution in [3.05, 3.63) is 6.33 Å². The van der Waals surface area contributed by atoms with Crippen LogP contribution < -0.4 is 5.73 Å². The molecule has 0 saturated heterocycles. The van der Waals surface area contributed by atoms with E-state index in [1.54, 1.807) is 0 Å². The van der Waals surface area contributed by atoms with Crippen molar-refractivity contribution >= 4 is 35.6 Å². The molecule has 12 nitrogen and oxygen atoms in total. The Labute approximate surface area is 155 Å². The van der Waals surface area contributed by atoms with Gasteiger partial charge in [-0.2, -0.15) is 0 Å². The van der Waals surface area contributed by atoms with Crippen molar-refractivity contribution in [1.29, 1.82) is 0 Å². The van der Waals surface area contributed by atoms with Crippen LogP contribution in [0.25, 0.3) is 11.2 Å². The van der Waals surface area contributed by atoms with Gasteiger partial charge in [-0.1, -0.05) is 0 Å². The fraction of sp³-hybridized carbons (Fsp3) is 0.615. The fourth-order valence-corrected chi connectivity index (χ4v) is 4.85. The average molecular weight is 419 g/mol. The van der Waals surface area contributed by atoms with E-state index in [-0.39, 0.29) is 34.7 Å². The van der Waals surface area contributed by atoms with Crippen molar-refractivity contribution < 1.29 is 33.3 Å². The summed E-state index contributed by atoms with van der Waals surface area (Å²) < 4.78 is 28.9. The van der Waals surface area contributed by atoms with E-state index in [0.29, 0.717) is 6.42 Å². The van der Waals surface area contributed by atoms with Gasteiger partial charge in [0.15, 0.2) is 11.5 Å². The van der Waals surface area contributed by atoms with Gasteiger partial charge >= 0.3 is 7.82 Å². The van der Waals surface area contributed by atoms with Gasteiger partial charge in [0.05, 0.1) is 35.9 Å². The predicted octanol–water partition coefficient (Wildman–Crippen LogP) is -1.46. The Balaban J connectivity index is 1.72. The minimum absolute atomic E-state index is 0.0154. The van der Waals surface area contributed by atoms with E-state index in [2.05, 4.69) is 19.5 Å². The molecule has 148 valence electrons. The van der Waals surface area contributed by atoms with Crippen LogP contribution in [0, 0.1) is 11.3 Å². The van der Waals surface area contributed by atoms with Crippen LogP contribution in [0.5, 0.6) is 0 Å². The minimum atomic E-state index is -4.71. The summed E-state index contributed by atoms with van der Waals surface area (Å²) >= 11 is 0. The van der Waals surface area contributed by atoms with E-state index in [9.17, 15) is 19.0 Å². The minimum Gasteiger partial charge on any atom is -0.390 e. The normalized spacial score (nSPS) is 34.0. The maximum absolute atomic E-state index is 11.7. The van der Waals surface area contributed by atoms with E-state index in [0.717, 1.165) is 0 Å². The van der Waals surface area contributed by atoms with Gasteiger partial charge in [-0.05, 0) is 12.3 Å². The molecule has 1 unspecified atom stereocenters. The van der Waals surface area contributed by atoms with Crippen LogP contribution in [0.2, 0.25) is 0 Å². The molecule has 2 aromatic heterocycles. The Bertz CT molecular complexity index is 995. The predicted molar refractivity (Wildman–Crippen MR) is 91.7 cm³/mol. The van der Waals surface area contributed by atoms with Crippen LogP contribution in [-0.4, -0.2) is 68.8 Å². The maximum Gasteiger partial charge on any atom is 0.469 e. The second-order valence-corrected chi connectivity index (χ2v) is 9.42. The number of nitrogen functional groups attached to an aromatic ring is 1. The van der Waals surface area contributed by atoms with Gasteiger partial charge in [0.1, 0.15) is 11.6 Å². The summed E-state index contributed by atoms with van der Waals surface area (Å²) in [6, 6.07) is -0.655. The molecule has 2 saturated carbocycles. The number of fused-ring (bicyclic) bond motifs is 2. The Morgan fingerprint density at radius 1 is 1.44 bits per heavy atom. The second kappa shape index (κ2) is 6.01. The Hall–Kier alpha value is -1.47. The third-order valence-electron chi connectivity index (χ3n) is 5.36. The summed E-state index contributed by atoms with van der Waals surface area (Å²) in [4.78, 5) is 30.2. The highest BCUT2D eigenvalue weighted by molar-refractivity contribution is 7.84. The van der Waals surface area contributed by atoms with Crippen LogP contribution in [0.4, 0.5) is 5.82 Å². The summed E-state index contributed by atoms with van der Waals surface area (Å²) in [5.74, 6) is -0.262. The van der Waals surface area contributed by atoms with Crippen molar-refractivity contribution in [2.45, 2.75) is 29.8 Å². The lowest BCUT2D eigenvalue weighted by Crippen LogP contribution is -2.35.